The summed E-state index contributed by atoms with van der Waals surface area (Å²) < 4.78 is 41.6. The van der Waals surface area contributed by atoms with E-state index in [4.69, 9.17) is 13.7 Å². The van der Waals surface area contributed by atoms with Crippen LogP contribution in [0.3, 0.4) is 0 Å². The number of hydrogen-bond acceptors (Lipinski definition) is 9. The Kier molecular flexibility index (Phi) is 9.02. The number of anilines is 1. The molecule has 38 heavy (non-hydrogen) atoms. The fourth-order valence-corrected chi connectivity index (χ4v) is 4.14. The van der Waals surface area contributed by atoms with Crippen LogP contribution < -0.4 is 19.0 Å². The van der Waals surface area contributed by atoms with Crippen molar-refractivity contribution in [2.75, 3.05) is 18.5 Å². The molecule has 1 amide bonds. The van der Waals surface area contributed by atoms with Gasteiger partial charge in [-0.05, 0) is 61.9 Å². The molecule has 0 saturated carbocycles. The van der Waals surface area contributed by atoms with Gasteiger partial charge in [-0.15, -0.1) is 0 Å². The monoisotopic (exact) mass is 537 g/mol. The van der Waals surface area contributed by atoms with Crippen molar-refractivity contribution in [2.45, 2.75) is 18.7 Å². The predicted octanol–water partition coefficient (Wildman–Crippen LogP) is 4.71. The van der Waals surface area contributed by atoms with Crippen LogP contribution >= 0.6 is 0 Å². The Labute approximate surface area is 219 Å². The molecule has 1 N–H and O–H groups in total. The van der Waals surface area contributed by atoms with Gasteiger partial charge in [0.05, 0.1) is 18.1 Å². The first-order valence-electron chi connectivity index (χ1n) is 11.3. The van der Waals surface area contributed by atoms with E-state index in [2.05, 4.69) is 5.32 Å². The highest BCUT2D eigenvalue weighted by Crippen LogP contribution is 2.32. The molecule has 0 radical (unpaired) electrons. The van der Waals surface area contributed by atoms with Crippen LogP contribution in [-0.4, -0.2) is 32.5 Å². The number of ether oxygens (including phenoxy) is 2. The molecule has 0 aromatic heterocycles. The lowest BCUT2D eigenvalue weighted by molar-refractivity contribution is -0.384. The Morgan fingerprint density at radius 1 is 1.03 bits per heavy atom. The molecule has 0 bridgehead atoms. The Morgan fingerprint density at radius 3 is 2.37 bits per heavy atom. The second-order valence-electron chi connectivity index (χ2n) is 7.51. The number of benzene rings is 3. The zero-order valence-electron chi connectivity index (χ0n) is 20.4. The molecule has 12 heteroatoms. The highest BCUT2D eigenvalue weighted by Gasteiger charge is 2.21. The smallest absolute Gasteiger partial charge is 0.339 e. The van der Waals surface area contributed by atoms with Crippen LogP contribution in [0.5, 0.6) is 17.2 Å². The van der Waals surface area contributed by atoms with Gasteiger partial charge >= 0.3 is 10.1 Å². The average Bonchev–Trinajstić information content (AvgIpc) is 2.89. The molecule has 0 aliphatic rings. The Morgan fingerprint density at radius 2 is 1.74 bits per heavy atom. The quantitative estimate of drug-likeness (QED) is 0.120. The summed E-state index contributed by atoms with van der Waals surface area (Å²) in [5.41, 5.74) is 0.344. The molecule has 11 nitrogen and oxygen atoms in total. The molecule has 0 spiro atoms. The van der Waals surface area contributed by atoms with E-state index in [9.17, 15) is 28.6 Å². The normalized spacial score (nSPS) is 11.2. The Balaban J connectivity index is 1.84. The van der Waals surface area contributed by atoms with Crippen LogP contribution in [-0.2, 0) is 14.9 Å². The van der Waals surface area contributed by atoms with Crippen LogP contribution in [0.1, 0.15) is 19.4 Å². The highest BCUT2D eigenvalue weighted by molar-refractivity contribution is 7.87. The lowest BCUT2D eigenvalue weighted by Crippen LogP contribution is -2.13. The number of carbonyl (C=O) groups excluding carboxylic acids is 1. The van der Waals surface area contributed by atoms with E-state index in [1.165, 1.54) is 24.3 Å². The molecular weight excluding hydrogens is 514 g/mol. The molecule has 0 aliphatic heterocycles. The molecule has 3 aromatic rings. The number of nitro groups is 1. The molecule has 0 aliphatic carbocycles. The van der Waals surface area contributed by atoms with E-state index in [0.717, 1.165) is 24.3 Å². The maximum absolute atomic E-state index is 12.7. The van der Waals surface area contributed by atoms with Crippen LogP contribution in [0, 0.1) is 21.4 Å². The van der Waals surface area contributed by atoms with E-state index >= 15 is 0 Å². The lowest BCUT2D eigenvalue weighted by Gasteiger charge is -2.13. The summed E-state index contributed by atoms with van der Waals surface area (Å²) in [6.07, 6.45) is 1.32. The number of rotatable bonds is 11. The molecule has 0 heterocycles. The molecule has 0 unspecified atom stereocenters. The minimum absolute atomic E-state index is 0.0499. The summed E-state index contributed by atoms with van der Waals surface area (Å²) in [4.78, 5) is 22.6. The molecule has 196 valence electrons. The van der Waals surface area contributed by atoms with Gasteiger partial charge in [-0.3, -0.25) is 14.9 Å². The van der Waals surface area contributed by atoms with Crippen molar-refractivity contribution < 1.29 is 31.8 Å². The third kappa shape index (κ3) is 7.08. The second kappa shape index (κ2) is 12.4. The van der Waals surface area contributed by atoms with Crippen LogP contribution in [0.4, 0.5) is 11.4 Å². The summed E-state index contributed by atoms with van der Waals surface area (Å²) in [6.45, 7) is 4.14. The Bertz CT molecular complexity index is 1510. The minimum atomic E-state index is -4.34. The SMILES string of the molecule is CCOc1cccc(NC(=O)/C(C#N)=C/c2ccc(OS(=O)(=O)c3ccc([N+](=O)[O-])cc3)c(OCC)c2)c1. The van der Waals surface area contributed by atoms with Crippen LogP contribution in [0.15, 0.2) is 77.2 Å². The second-order valence-corrected chi connectivity index (χ2v) is 9.06. The van der Waals surface area contributed by atoms with E-state index in [-0.39, 0.29) is 34.3 Å². The van der Waals surface area contributed by atoms with Gasteiger partial charge in [-0.25, -0.2) is 0 Å². The van der Waals surface area contributed by atoms with Crippen molar-refractivity contribution in [1.82, 2.24) is 0 Å². The number of carbonyl (C=O) groups is 1. The van der Waals surface area contributed by atoms with Crippen molar-refractivity contribution in [3.05, 3.63) is 88.0 Å². The summed E-state index contributed by atoms with van der Waals surface area (Å²) in [5, 5.41) is 23.0. The van der Waals surface area contributed by atoms with E-state index in [1.807, 2.05) is 13.0 Å². The van der Waals surface area contributed by atoms with Crippen molar-refractivity contribution in [3.63, 3.8) is 0 Å². The topological polar surface area (TPSA) is 158 Å². The Hall–Kier alpha value is -4.89. The summed E-state index contributed by atoms with van der Waals surface area (Å²) >= 11 is 0. The molecule has 3 rings (SSSR count). The summed E-state index contributed by atoms with van der Waals surface area (Å²) in [6, 6.07) is 17.0. The van der Waals surface area contributed by atoms with E-state index in [0.29, 0.717) is 23.6 Å². The van der Waals surface area contributed by atoms with Gasteiger partial charge in [0, 0.05) is 23.9 Å². The van der Waals surface area contributed by atoms with Gasteiger partial charge in [0.1, 0.15) is 22.3 Å². The number of nitrogens with one attached hydrogen (secondary N) is 1. The van der Waals surface area contributed by atoms with Gasteiger partial charge in [0.15, 0.2) is 11.5 Å². The van der Waals surface area contributed by atoms with Crippen LogP contribution in [0.25, 0.3) is 6.08 Å². The third-order valence-corrected chi connectivity index (χ3v) is 6.13. The van der Waals surface area contributed by atoms with E-state index < -0.39 is 20.9 Å². The predicted molar refractivity (Wildman–Crippen MR) is 138 cm³/mol. The first kappa shape index (κ1) is 27.7. The number of hydrogen-bond donors (Lipinski definition) is 1. The number of nitriles is 1. The zero-order chi connectivity index (χ0) is 27.7. The number of non-ortho nitro benzene ring substituents is 1. The molecule has 0 fully saturated rings. The minimum Gasteiger partial charge on any atom is -0.494 e. The number of nitro benzene ring substituents is 1. The zero-order valence-corrected chi connectivity index (χ0v) is 21.2. The van der Waals surface area contributed by atoms with Gasteiger partial charge in [0.2, 0.25) is 0 Å². The average molecular weight is 538 g/mol. The standard InChI is InChI=1S/C26H23N3O8S/c1-3-35-22-7-5-6-20(16-22)28-26(30)19(17-27)14-18-8-13-24(25(15-18)36-4-2)37-38(33,34)23-11-9-21(10-12-23)29(31)32/h5-16H,3-4H2,1-2H3,(H,28,30)/b19-14+. The third-order valence-electron chi connectivity index (χ3n) is 4.88. The molecule has 0 atom stereocenters. The maximum atomic E-state index is 12.7. The summed E-state index contributed by atoms with van der Waals surface area (Å²) in [7, 11) is -4.34. The highest BCUT2D eigenvalue weighted by atomic mass is 32.2. The number of nitrogens with zero attached hydrogens (tertiary/aromatic N) is 2. The van der Waals surface area contributed by atoms with Gasteiger partial charge in [-0.1, -0.05) is 12.1 Å². The maximum Gasteiger partial charge on any atom is 0.339 e. The van der Waals surface area contributed by atoms with Crippen molar-refractivity contribution >= 4 is 33.5 Å². The largest absolute Gasteiger partial charge is 0.494 e. The van der Waals surface area contributed by atoms with Gasteiger partial charge in [0.25, 0.3) is 11.6 Å². The van der Waals surface area contributed by atoms with Gasteiger partial charge < -0.3 is 19.0 Å². The fraction of sp³-hybridized carbons (Fsp3) is 0.154. The molecular formula is C26H23N3O8S. The van der Waals surface area contributed by atoms with Gasteiger partial charge in [-0.2, -0.15) is 13.7 Å². The van der Waals surface area contributed by atoms with Crippen LogP contribution in [0.2, 0.25) is 0 Å². The molecule has 3 aromatic carbocycles. The summed E-state index contributed by atoms with van der Waals surface area (Å²) in [5.74, 6) is -0.180. The van der Waals surface area contributed by atoms with E-state index in [1.54, 1.807) is 31.2 Å². The first-order valence-corrected chi connectivity index (χ1v) is 12.7. The van der Waals surface area contributed by atoms with Crippen molar-refractivity contribution in [3.8, 4) is 23.3 Å². The fourth-order valence-electron chi connectivity index (χ4n) is 3.20. The number of amides is 1. The first-order chi connectivity index (χ1) is 18.2. The van der Waals surface area contributed by atoms with Crippen molar-refractivity contribution in [1.29, 1.82) is 5.26 Å². The van der Waals surface area contributed by atoms with Crippen molar-refractivity contribution in [2.24, 2.45) is 0 Å². The molecule has 0 saturated heterocycles. The lowest BCUT2D eigenvalue weighted by atomic mass is 10.1.